The summed E-state index contributed by atoms with van der Waals surface area (Å²) in [5, 5.41) is 3.82. The van der Waals surface area contributed by atoms with E-state index in [0.29, 0.717) is 19.3 Å². The summed E-state index contributed by atoms with van der Waals surface area (Å²) in [6.07, 6.45) is 2.31. The van der Waals surface area contributed by atoms with Crippen LogP contribution in [0.2, 0.25) is 0 Å². The minimum Gasteiger partial charge on any atom is -0.298 e. The van der Waals surface area contributed by atoms with Gasteiger partial charge in [-0.3, -0.25) is 14.6 Å². The minimum absolute atomic E-state index is 0.105. The highest BCUT2D eigenvalue weighted by Gasteiger charge is 2.03. The van der Waals surface area contributed by atoms with Crippen molar-refractivity contribution in [3.8, 4) is 0 Å². The number of ketones is 1. The molecule has 102 valence electrons. The highest BCUT2D eigenvalue weighted by molar-refractivity contribution is 5.85. The Morgan fingerprint density at radius 1 is 0.944 bits per heavy atom. The predicted octanol–water partition coefficient (Wildman–Crippen LogP) is 2.11. The van der Waals surface area contributed by atoms with Crippen molar-refractivity contribution in [2.45, 2.75) is 53.4 Å². The van der Waals surface area contributed by atoms with Crippen LogP contribution in [0.3, 0.4) is 0 Å². The molecule has 0 spiro atoms. The molecule has 0 unspecified atom stereocenters. The van der Waals surface area contributed by atoms with Gasteiger partial charge in [-0.1, -0.05) is 0 Å². The molecule has 1 N–H and O–H groups in total. The Balaban J connectivity index is 3.62. The second-order valence-electron chi connectivity index (χ2n) is 4.60. The van der Waals surface area contributed by atoms with Crippen molar-refractivity contribution >= 4 is 23.1 Å². The van der Waals surface area contributed by atoms with Gasteiger partial charge in [-0.05, 0) is 40.5 Å². The topological polar surface area (TPSA) is 70.9 Å². The van der Waals surface area contributed by atoms with E-state index in [0.717, 1.165) is 17.8 Å². The molecular formula is C13H23N3O2. The summed E-state index contributed by atoms with van der Waals surface area (Å²) in [7, 11) is 0. The van der Waals surface area contributed by atoms with Crippen molar-refractivity contribution in [2.24, 2.45) is 10.1 Å². The molecule has 0 aliphatic carbocycles. The molecule has 0 saturated carbocycles. The van der Waals surface area contributed by atoms with Gasteiger partial charge in [0.1, 0.15) is 0 Å². The van der Waals surface area contributed by atoms with E-state index in [2.05, 4.69) is 15.5 Å². The average molecular weight is 253 g/mol. The fourth-order valence-corrected chi connectivity index (χ4v) is 1.16. The number of rotatable bonds is 8. The SMILES string of the molecule is CC(C)=NCC(=O)CCCCC(=O)NN=C(C)C. The van der Waals surface area contributed by atoms with Gasteiger partial charge in [0, 0.05) is 24.3 Å². The number of carbonyl (C=O) groups is 2. The van der Waals surface area contributed by atoms with Gasteiger partial charge in [0.15, 0.2) is 5.78 Å². The number of carbonyl (C=O) groups excluding carboxylic acids is 2. The monoisotopic (exact) mass is 253 g/mol. The summed E-state index contributed by atoms with van der Waals surface area (Å²) in [5.41, 5.74) is 4.18. The maximum absolute atomic E-state index is 11.4. The van der Waals surface area contributed by atoms with Gasteiger partial charge in [0.2, 0.25) is 5.91 Å². The van der Waals surface area contributed by atoms with Crippen molar-refractivity contribution in [3.05, 3.63) is 0 Å². The molecule has 0 aromatic rings. The number of hydrogen-bond acceptors (Lipinski definition) is 4. The van der Waals surface area contributed by atoms with Crippen LogP contribution < -0.4 is 5.43 Å². The number of Topliss-reactive ketones (excluding diaryl/α,β-unsaturated/α-hetero) is 1. The highest BCUT2D eigenvalue weighted by Crippen LogP contribution is 2.01. The van der Waals surface area contributed by atoms with Gasteiger partial charge in [-0.2, -0.15) is 5.10 Å². The van der Waals surface area contributed by atoms with E-state index in [4.69, 9.17) is 0 Å². The smallest absolute Gasteiger partial charge is 0.240 e. The maximum Gasteiger partial charge on any atom is 0.240 e. The van der Waals surface area contributed by atoms with Crippen molar-refractivity contribution in [2.75, 3.05) is 6.54 Å². The molecule has 0 saturated heterocycles. The largest absolute Gasteiger partial charge is 0.298 e. The summed E-state index contributed by atoms with van der Waals surface area (Å²) < 4.78 is 0. The van der Waals surface area contributed by atoms with E-state index >= 15 is 0 Å². The van der Waals surface area contributed by atoms with Crippen LogP contribution in [0.1, 0.15) is 53.4 Å². The molecule has 0 rings (SSSR count). The predicted molar refractivity (Wildman–Crippen MR) is 74.1 cm³/mol. The van der Waals surface area contributed by atoms with Crippen LogP contribution in [-0.2, 0) is 9.59 Å². The van der Waals surface area contributed by atoms with E-state index in [9.17, 15) is 9.59 Å². The highest BCUT2D eigenvalue weighted by atomic mass is 16.2. The van der Waals surface area contributed by atoms with Gasteiger partial charge >= 0.3 is 0 Å². The molecule has 0 bridgehead atoms. The number of hydrogen-bond donors (Lipinski definition) is 1. The third-order valence-electron chi connectivity index (χ3n) is 2.09. The molecule has 0 aromatic heterocycles. The average Bonchev–Trinajstić information content (AvgIpc) is 2.29. The van der Waals surface area contributed by atoms with Crippen LogP contribution in [0.25, 0.3) is 0 Å². The van der Waals surface area contributed by atoms with Crippen molar-refractivity contribution in [3.63, 3.8) is 0 Å². The van der Waals surface area contributed by atoms with E-state index in [-0.39, 0.29) is 18.2 Å². The molecule has 0 heterocycles. The Morgan fingerprint density at radius 3 is 2.11 bits per heavy atom. The van der Waals surface area contributed by atoms with Crippen LogP contribution in [0.15, 0.2) is 10.1 Å². The summed E-state index contributed by atoms with van der Waals surface area (Å²) in [6.45, 7) is 7.62. The van der Waals surface area contributed by atoms with E-state index in [1.807, 2.05) is 27.7 Å². The molecule has 0 radical (unpaired) electrons. The molecule has 0 aromatic carbocycles. The number of unbranched alkanes of at least 4 members (excludes halogenated alkanes) is 1. The first-order chi connectivity index (χ1) is 8.41. The summed E-state index contributed by atoms with van der Waals surface area (Å²) >= 11 is 0. The molecule has 5 nitrogen and oxygen atoms in total. The van der Waals surface area contributed by atoms with Gasteiger partial charge in [-0.15, -0.1) is 0 Å². The summed E-state index contributed by atoms with van der Waals surface area (Å²) in [5.74, 6) is 0.0186. The van der Waals surface area contributed by atoms with Crippen LogP contribution in [0.5, 0.6) is 0 Å². The quantitative estimate of drug-likeness (QED) is 0.409. The van der Waals surface area contributed by atoms with Crippen molar-refractivity contribution in [1.82, 2.24) is 5.43 Å². The van der Waals surface area contributed by atoms with E-state index in [1.165, 1.54) is 0 Å². The number of aliphatic imine (C=N–C) groups is 1. The Morgan fingerprint density at radius 2 is 1.56 bits per heavy atom. The second-order valence-corrected chi connectivity index (χ2v) is 4.60. The standard InChI is InChI=1S/C13H23N3O2/c1-10(2)14-9-12(17)7-5-6-8-13(18)16-15-11(3)4/h5-9H2,1-4H3,(H,16,18). The molecule has 0 aliphatic heterocycles. The zero-order valence-corrected chi connectivity index (χ0v) is 11.7. The Kier molecular flexibility index (Phi) is 8.70. The number of nitrogens with one attached hydrogen (secondary N) is 1. The zero-order valence-electron chi connectivity index (χ0n) is 11.7. The van der Waals surface area contributed by atoms with E-state index in [1.54, 1.807) is 0 Å². The van der Waals surface area contributed by atoms with Gasteiger partial charge in [0.25, 0.3) is 0 Å². The summed E-state index contributed by atoms with van der Waals surface area (Å²) in [4.78, 5) is 26.7. The van der Waals surface area contributed by atoms with Crippen LogP contribution in [0, 0.1) is 0 Å². The molecule has 18 heavy (non-hydrogen) atoms. The van der Waals surface area contributed by atoms with Crippen molar-refractivity contribution in [1.29, 1.82) is 0 Å². The second kappa shape index (κ2) is 9.50. The first-order valence-corrected chi connectivity index (χ1v) is 6.21. The molecule has 0 fully saturated rings. The van der Waals surface area contributed by atoms with Crippen LogP contribution >= 0.6 is 0 Å². The molecule has 0 aliphatic rings. The fraction of sp³-hybridized carbons (Fsp3) is 0.692. The van der Waals surface area contributed by atoms with E-state index < -0.39 is 0 Å². The van der Waals surface area contributed by atoms with Crippen LogP contribution in [-0.4, -0.2) is 29.7 Å². The zero-order chi connectivity index (χ0) is 14.0. The van der Waals surface area contributed by atoms with Crippen molar-refractivity contribution < 1.29 is 9.59 Å². The van der Waals surface area contributed by atoms with Gasteiger partial charge in [0.05, 0.1) is 6.54 Å². The van der Waals surface area contributed by atoms with Gasteiger partial charge in [-0.25, -0.2) is 5.43 Å². The minimum atomic E-state index is -0.105. The molecular weight excluding hydrogens is 230 g/mol. The van der Waals surface area contributed by atoms with Gasteiger partial charge < -0.3 is 0 Å². The lowest BCUT2D eigenvalue weighted by Crippen LogP contribution is -2.18. The first kappa shape index (κ1) is 16.5. The Hall–Kier alpha value is -1.52. The lowest BCUT2D eigenvalue weighted by molar-refractivity contribution is -0.121. The van der Waals surface area contributed by atoms with Crippen LogP contribution in [0.4, 0.5) is 0 Å². The third kappa shape index (κ3) is 11.0. The fourth-order valence-electron chi connectivity index (χ4n) is 1.16. The molecule has 5 heteroatoms. The Labute approximate surface area is 109 Å². The molecule has 1 amide bonds. The lowest BCUT2D eigenvalue weighted by atomic mass is 10.1. The third-order valence-corrected chi connectivity index (χ3v) is 2.09. The number of nitrogens with zero attached hydrogens (tertiary/aromatic N) is 2. The maximum atomic E-state index is 11.4. The normalized spacial score (nSPS) is 9.56. The lowest BCUT2D eigenvalue weighted by Gasteiger charge is -2.00. The molecule has 0 atom stereocenters. The number of amides is 1. The Bertz CT molecular complexity index is 304. The number of hydrazone groups is 1. The summed E-state index contributed by atoms with van der Waals surface area (Å²) in [6, 6.07) is 0. The first-order valence-electron chi connectivity index (χ1n) is 6.21.